The van der Waals surface area contributed by atoms with E-state index in [2.05, 4.69) is 49.8 Å². The van der Waals surface area contributed by atoms with Gasteiger partial charge in [-0.2, -0.15) is 0 Å². The van der Waals surface area contributed by atoms with Crippen LogP contribution in [0, 0.1) is 9.39 Å². The molecule has 1 amide bonds. The lowest BCUT2D eigenvalue weighted by Gasteiger charge is -2.45. The number of piperidine rings is 2. The number of anilines is 1. The number of likely N-dealkylation sites (tertiary alicyclic amines) is 1. The third kappa shape index (κ3) is 7.57. The number of hydrogen-bond donors (Lipinski definition) is 2. The van der Waals surface area contributed by atoms with Crippen LogP contribution in [0.1, 0.15) is 76.0 Å². The van der Waals surface area contributed by atoms with Crippen LogP contribution < -0.4 is 10.2 Å². The number of benzene rings is 2. The van der Waals surface area contributed by atoms with Crippen molar-refractivity contribution < 1.29 is 28.5 Å². The van der Waals surface area contributed by atoms with Crippen LogP contribution in [0.25, 0.3) is 10.9 Å². The summed E-state index contributed by atoms with van der Waals surface area (Å²) in [4.78, 5) is 26.5. The number of rotatable bonds is 10. The summed E-state index contributed by atoms with van der Waals surface area (Å²) in [5, 5.41) is 12.9. The van der Waals surface area contributed by atoms with E-state index in [-0.39, 0.29) is 30.4 Å². The lowest BCUT2D eigenvalue weighted by atomic mass is 9.87. The first-order valence-electron chi connectivity index (χ1n) is 17.3. The molecule has 1 saturated carbocycles. The molecule has 4 heterocycles. The van der Waals surface area contributed by atoms with Crippen LogP contribution in [-0.4, -0.2) is 89.4 Å². The van der Waals surface area contributed by atoms with Crippen LogP contribution in [0.4, 0.5) is 15.1 Å². The maximum Gasteiger partial charge on any atom is 0.405 e. The quantitative estimate of drug-likeness (QED) is 0.226. The topological polar surface area (TPSA) is 109 Å². The van der Waals surface area contributed by atoms with E-state index in [0.29, 0.717) is 18.6 Å². The summed E-state index contributed by atoms with van der Waals surface area (Å²) in [7, 11) is 0. The molecule has 10 nitrogen and oxygen atoms in total. The fourth-order valence-corrected chi connectivity index (χ4v) is 7.91. The molecule has 2 N–H and O–H groups in total. The van der Waals surface area contributed by atoms with E-state index >= 15 is 0 Å². The number of halogens is 2. The van der Waals surface area contributed by atoms with Crippen molar-refractivity contribution in [3.63, 3.8) is 0 Å². The predicted molar refractivity (Wildman–Crippen MR) is 189 cm³/mol. The van der Waals surface area contributed by atoms with Gasteiger partial charge in [0.15, 0.2) is 11.9 Å². The number of nitrogens with zero attached hydrogens (tertiary/aromatic N) is 4. The summed E-state index contributed by atoms with van der Waals surface area (Å²) in [5.41, 5.74) is 0.892. The highest BCUT2D eigenvalue weighted by Crippen LogP contribution is 2.44. The van der Waals surface area contributed by atoms with E-state index in [0.717, 1.165) is 110 Å². The lowest BCUT2D eigenvalue weighted by Crippen LogP contribution is -2.56. The summed E-state index contributed by atoms with van der Waals surface area (Å²) >= 11 is 2.32. The number of ether oxygens (including phenoxy) is 3. The molecule has 12 heteroatoms. The van der Waals surface area contributed by atoms with Crippen molar-refractivity contribution in [3.05, 3.63) is 63.1 Å². The molecular weight excluding hydrogens is 728 g/mol. The minimum Gasteiger partial charge on any atom is -0.465 e. The van der Waals surface area contributed by atoms with Gasteiger partial charge in [0.05, 0.1) is 23.9 Å². The second-order valence-corrected chi connectivity index (χ2v) is 15.3. The van der Waals surface area contributed by atoms with Crippen molar-refractivity contribution in [1.29, 1.82) is 0 Å². The number of nitrogens with one attached hydrogen (secondary N) is 1. The van der Waals surface area contributed by atoms with Crippen molar-refractivity contribution in [1.82, 2.24) is 20.2 Å². The average Bonchev–Trinajstić information content (AvgIpc) is 3.91. The Morgan fingerprint density at radius 3 is 2.48 bits per heavy atom. The summed E-state index contributed by atoms with van der Waals surface area (Å²) in [6.45, 7) is 6.22. The van der Waals surface area contributed by atoms with Gasteiger partial charge in [-0.1, -0.05) is 12.1 Å². The molecule has 0 bridgehead atoms. The number of amides is 1. The van der Waals surface area contributed by atoms with Gasteiger partial charge in [-0.05, 0) is 123 Å². The fourth-order valence-electron chi connectivity index (χ4n) is 7.42. The minimum atomic E-state index is -1.10. The number of carboxylic acid groups (broad SMARTS) is 1. The van der Waals surface area contributed by atoms with Crippen molar-refractivity contribution in [2.75, 3.05) is 44.3 Å². The first-order valence-corrected chi connectivity index (χ1v) is 18.4. The molecule has 0 radical (unpaired) electrons. The standard InChI is InChI=1S/C36H45FIN5O5/c1-35(41-34(44)45)15-19-42(20-16-35)27-13-17-43(18-14-27)33-39-30-12-9-26(38)22-29(30)32(40-33)36(48-28-10-11-28,24-5-7-25(37)8-6-24)23-47-31-4-2-3-21-46-31/h5-9,12,22,27-28,31,41H,2-4,10-11,13-21,23H2,1H3,(H,44,45). The van der Waals surface area contributed by atoms with Crippen LogP contribution in [0.5, 0.6) is 0 Å². The number of fused-ring (bicyclic) bond motifs is 1. The van der Waals surface area contributed by atoms with Gasteiger partial charge in [0.1, 0.15) is 5.82 Å². The molecule has 4 fully saturated rings. The van der Waals surface area contributed by atoms with Crippen LogP contribution in [0.2, 0.25) is 0 Å². The van der Waals surface area contributed by atoms with Crippen LogP contribution >= 0.6 is 22.6 Å². The van der Waals surface area contributed by atoms with E-state index < -0.39 is 11.7 Å². The minimum absolute atomic E-state index is 0.0509. The molecule has 4 aliphatic rings. The molecule has 2 atom stereocenters. The van der Waals surface area contributed by atoms with Gasteiger partial charge >= 0.3 is 6.09 Å². The van der Waals surface area contributed by atoms with Crippen LogP contribution in [-0.2, 0) is 19.8 Å². The van der Waals surface area contributed by atoms with Gasteiger partial charge in [-0.25, -0.2) is 19.2 Å². The van der Waals surface area contributed by atoms with Gasteiger partial charge in [0.25, 0.3) is 0 Å². The zero-order valence-corrected chi connectivity index (χ0v) is 29.7. The second-order valence-electron chi connectivity index (χ2n) is 14.0. The SMILES string of the molecule is CC1(NC(=O)O)CCN(C2CCN(c3nc(C(COC4CCCCO4)(OC4CC4)c4ccc(F)cc4)c4cc(I)ccc4n3)CC2)CC1. The Kier molecular flexibility index (Phi) is 10.1. The molecule has 3 saturated heterocycles. The van der Waals surface area contributed by atoms with Crippen molar-refractivity contribution in [3.8, 4) is 0 Å². The molecule has 3 aliphatic heterocycles. The normalized spacial score (nSPS) is 23.6. The summed E-state index contributed by atoms with van der Waals surface area (Å²) < 4.78 is 34.9. The Balaban J connectivity index is 1.20. The van der Waals surface area contributed by atoms with E-state index in [9.17, 15) is 14.3 Å². The highest BCUT2D eigenvalue weighted by Gasteiger charge is 2.45. The highest BCUT2D eigenvalue weighted by atomic mass is 127. The molecule has 1 aliphatic carbocycles. The van der Waals surface area contributed by atoms with E-state index in [4.69, 9.17) is 24.2 Å². The molecular formula is C36H45FIN5O5. The third-order valence-corrected chi connectivity index (χ3v) is 11.1. The van der Waals surface area contributed by atoms with Gasteiger partial charge in [-0.3, -0.25) is 0 Å². The second kappa shape index (κ2) is 14.3. The first kappa shape index (κ1) is 33.8. The zero-order chi connectivity index (χ0) is 33.3. The molecule has 1 aromatic heterocycles. The summed E-state index contributed by atoms with van der Waals surface area (Å²) in [5.74, 6) is 0.353. The molecule has 7 rings (SSSR count). The Labute approximate surface area is 294 Å². The average molecular weight is 774 g/mol. The van der Waals surface area contributed by atoms with E-state index in [1.54, 1.807) is 12.1 Å². The third-order valence-electron chi connectivity index (χ3n) is 10.4. The largest absolute Gasteiger partial charge is 0.465 e. The maximum absolute atomic E-state index is 14.3. The van der Waals surface area contributed by atoms with Crippen molar-refractivity contribution in [2.24, 2.45) is 0 Å². The van der Waals surface area contributed by atoms with E-state index in [1.165, 1.54) is 12.1 Å². The molecule has 258 valence electrons. The zero-order valence-electron chi connectivity index (χ0n) is 27.5. The predicted octanol–water partition coefficient (Wildman–Crippen LogP) is 6.43. The summed E-state index contributed by atoms with van der Waals surface area (Å²) in [6.07, 6.45) is 7.09. The molecule has 0 spiro atoms. The number of carbonyl (C=O) groups is 1. The van der Waals surface area contributed by atoms with Gasteiger partial charge in [-0.15, -0.1) is 0 Å². The van der Waals surface area contributed by atoms with Crippen molar-refractivity contribution >= 4 is 45.5 Å². The Morgan fingerprint density at radius 2 is 1.81 bits per heavy atom. The smallest absolute Gasteiger partial charge is 0.405 e. The summed E-state index contributed by atoms with van der Waals surface area (Å²) in [6, 6.07) is 13.2. The number of aromatic nitrogens is 2. The number of hydrogen-bond acceptors (Lipinski definition) is 8. The monoisotopic (exact) mass is 773 g/mol. The highest BCUT2D eigenvalue weighted by molar-refractivity contribution is 14.1. The van der Waals surface area contributed by atoms with Crippen molar-refractivity contribution in [2.45, 2.75) is 94.3 Å². The Hall–Kier alpha value is -2.65. The Morgan fingerprint density at radius 1 is 1.06 bits per heavy atom. The lowest BCUT2D eigenvalue weighted by molar-refractivity contribution is -0.197. The molecule has 3 aromatic rings. The maximum atomic E-state index is 14.3. The van der Waals surface area contributed by atoms with Crippen LogP contribution in [0.15, 0.2) is 42.5 Å². The van der Waals surface area contributed by atoms with Gasteiger partial charge < -0.3 is 34.4 Å². The van der Waals surface area contributed by atoms with Gasteiger partial charge in [0, 0.05) is 53.3 Å². The molecule has 2 aromatic carbocycles. The van der Waals surface area contributed by atoms with Crippen LogP contribution in [0.3, 0.4) is 0 Å². The first-order chi connectivity index (χ1) is 23.2. The fraction of sp³-hybridized carbons (Fsp3) is 0.583. The molecule has 48 heavy (non-hydrogen) atoms. The molecule has 2 unspecified atom stereocenters. The van der Waals surface area contributed by atoms with E-state index in [1.807, 2.05) is 13.0 Å². The Bertz CT molecular complexity index is 1590. The van der Waals surface area contributed by atoms with Gasteiger partial charge in [0.2, 0.25) is 5.95 Å².